The molecular formula is C22H31N3O6S. The number of nitrogens with one attached hydrogen (secondary N) is 1. The van der Waals surface area contributed by atoms with E-state index < -0.39 is 21.9 Å². The summed E-state index contributed by atoms with van der Waals surface area (Å²) in [7, 11) is -3.12. The van der Waals surface area contributed by atoms with Gasteiger partial charge in [0.25, 0.3) is 5.91 Å². The minimum Gasteiger partial charge on any atom is -0.452 e. The number of likely N-dealkylation sites (tertiary alicyclic amines) is 1. The van der Waals surface area contributed by atoms with Gasteiger partial charge in [-0.15, -0.1) is 0 Å². The number of esters is 1. The summed E-state index contributed by atoms with van der Waals surface area (Å²) in [6.07, 6.45) is 0.345. The van der Waals surface area contributed by atoms with E-state index in [9.17, 15) is 22.8 Å². The van der Waals surface area contributed by atoms with E-state index in [1.165, 1.54) is 11.8 Å². The third-order valence-electron chi connectivity index (χ3n) is 6.05. The second-order valence-electron chi connectivity index (χ2n) is 8.32. The van der Waals surface area contributed by atoms with Crippen molar-refractivity contribution in [3.8, 4) is 0 Å². The Kier molecular flexibility index (Phi) is 7.76. The Morgan fingerprint density at radius 1 is 1.16 bits per heavy atom. The maximum atomic E-state index is 12.8. The Hall–Kier alpha value is -2.62. The molecule has 3 amide bonds. The van der Waals surface area contributed by atoms with E-state index in [4.69, 9.17) is 4.74 Å². The molecular weight excluding hydrogens is 434 g/mol. The number of para-hydroxylation sites is 1. The maximum Gasteiger partial charge on any atom is 0.321 e. The first-order valence-electron chi connectivity index (χ1n) is 11.0. The van der Waals surface area contributed by atoms with Crippen LogP contribution >= 0.6 is 0 Å². The van der Waals surface area contributed by atoms with E-state index in [0.717, 1.165) is 0 Å². The monoisotopic (exact) mass is 465 g/mol. The number of carbonyl (C=O) groups is 3. The van der Waals surface area contributed by atoms with Crippen LogP contribution in [0.1, 0.15) is 33.1 Å². The Balaban J connectivity index is 1.47. The van der Waals surface area contributed by atoms with Gasteiger partial charge < -0.3 is 19.9 Å². The molecule has 2 aliphatic rings. The first-order chi connectivity index (χ1) is 15.2. The van der Waals surface area contributed by atoms with E-state index in [-0.39, 0.29) is 35.4 Å². The molecule has 2 heterocycles. The molecule has 10 heteroatoms. The van der Waals surface area contributed by atoms with Crippen molar-refractivity contribution in [2.24, 2.45) is 5.92 Å². The second-order valence-corrected chi connectivity index (χ2v) is 10.5. The lowest BCUT2D eigenvalue weighted by atomic mass is 9.97. The van der Waals surface area contributed by atoms with Crippen LogP contribution in [0.3, 0.4) is 0 Å². The van der Waals surface area contributed by atoms with Crippen molar-refractivity contribution in [2.45, 2.75) is 45.3 Å². The predicted octanol–water partition coefficient (Wildman–Crippen LogP) is 1.90. The number of urea groups is 1. The molecule has 3 rings (SSSR count). The zero-order valence-electron chi connectivity index (χ0n) is 18.5. The van der Waals surface area contributed by atoms with Gasteiger partial charge in [0.2, 0.25) is 0 Å². The number of nitrogens with zero attached hydrogens (tertiary/aromatic N) is 2. The summed E-state index contributed by atoms with van der Waals surface area (Å²) in [6.45, 7) is 4.50. The van der Waals surface area contributed by atoms with E-state index >= 15 is 0 Å². The molecule has 0 aliphatic carbocycles. The van der Waals surface area contributed by atoms with Crippen molar-refractivity contribution >= 4 is 33.4 Å². The number of piperidine rings is 1. The van der Waals surface area contributed by atoms with Crippen LogP contribution < -0.4 is 5.32 Å². The summed E-state index contributed by atoms with van der Waals surface area (Å²) >= 11 is 0. The molecule has 2 fully saturated rings. The number of sulfone groups is 1. The first-order valence-corrected chi connectivity index (χ1v) is 12.8. The fourth-order valence-corrected chi connectivity index (χ4v) is 5.94. The molecule has 2 aliphatic heterocycles. The summed E-state index contributed by atoms with van der Waals surface area (Å²) in [5, 5.41) is 2.83. The second kappa shape index (κ2) is 10.3. The normalized spacial score (nSPS) is 21.6. The van der Waals surface area contributed by atoms with Gasteiger partial charge in [-0.2, -0.15) is 0 Å². The smallest absolute Gasteiger partial charge is 0.321 e. The Bertz CT molecular complexity index is 928. The number of rotatable bonds is 6. The molecule has 2 atom stereocenters. The summed E-state index contributed by atoms with van der Waals surface area (Å²) in [6, 6.07) is 8.58. The highest BCUT2D eigenvalue weighted by Crippen LogP contribution is 2.22. The molecule has 9 nitrogen and oxygen atoms in total. The summed E-state index contributed by atoms with van der Waals surface area (Å²) in [4.78, 5) is 41.0. The molecule has 1 aromatic rings. The van der Waals surface area contributed by atoms with E-state index in [1.807, 2.05) is 18.2 Å². The molecule has 32 heavy (non-hydrogen) atoms. The van der Waals surface area contributed by atoms with Crippen LogP contribution in [-0.4, -0.2) is 79.4 Å². The number of ether oxygens (including phenoxy) is 1. The van der Waals surface area contributed by atoms with Gasteiger partial charge in [0, 0.05) is 31.4 Å². The van der Waals surface area contributed by atoms with Gasteiger partial charge in [-0.25, -0.2) is 13.2 Å². The van der Waals surface area contributed by atoms with Crippen molar-refractivity contribution < 1.29 is 27.5 Å². The lowest BCUT2D eigenvalue weighted by Gasteiger charge is -2.32. The van der Waals surface area contributed by atoms with Crippen molar-refractivity contribution in [2.75, 3.05) is 36.5 Å². The van der Waals surface area contributed by atoms with Crippen LogP contribution in [0.25, 0.3) is 0 Å². The van der Waals surface area contributed by atoms with Crippen molar-refractivity contribution in [3.05, 3.63) is 30.3 Å². The van der Waals surface area contributed by atoms with Crippen LogP contribution in [-0.2, 0) is 24.2 Å². The van der Waals surface area contributed by atoms with Gasteiger partial charge in [0.05, 0.1) is 17.4 Å². The standard InChI is InChI=1S/C22H31N3O6S/c1-3-25(19-11-14-32(29,30)15-19)20(26)16(2)31-21(27)17-9-12-24(13-10-17)22(28)23-18-7-5-4-6-8-18/h4-8,16-17,19H,3,9-15H2,1-2H3,(H,23,28)/t16-,19-/m0/s1. The lowest BCUT2D eigenvalue weighted by molar-refractivity contribution is -0.164. The maximum absolute atomic E-state index is 12.8. The summed E-state index contributed by atoms with van der Waals surface area (Å²) in [5.41, 5.74) is 0.710. The van der Waals surface area contributed by atoms with Crippen LogP contribution in [0.4, 0.5) is 10.5 Å². The van der Waals surface area contributed by atoms with Gasteiger partial charge in [-0.05, 0) is 45.2 Å². The molecule has 176 valence electrons. The Morgan fingerprint density at radius 2 is 1.81 bits per heavy atom. The number of likely N-dealkylation sites (N-methyl/N-ethyl adjacent to an activating group) is 1. The fourth-order valence-electron chi connectivity index (χ4n) is 4.21. The summed E-state index contributed by atoms with van der Waals surface area (Å²) in [5.74, 6) is -1.18. The molecule has 1 N–H and O–H groups in total. The average Bonchev–Trinajstić information content (AvgIpc) is 3.14. The SMILES string of the molecule is CCN(C(=O)[C@H](C)OC(=O)C1CCN(C(=O)Nc2ccccc2)CC1)[C@H]1CCS(=O)(=O)C1. The van der Waals surface area contributed by atoms with E-state index in [0.29, 0.717) is 44.6 Å². The molecule has 0 radical (unpaired) electrons. The third-order valence-corrected chi connectivity index (χ3v) is 7.80. The number of amides is 3. The number of anilines is 1. The van der Waals surface area contributed by atoms with Crippen LogP contribution in [0.2, 0.25) is 0 Å². The minimum absolute atomic E-state index is 0.0449. The quantitative estimate of drug-likeness (QED) is 0.642. The lowest BCUT2D eigenvalue weighted by Crippen LogP contribution is -2.47. The summed E-state index contributed by atoms with van der Waals surface area (Å²) < 4.78 is 29.0. The number of hydrogen-bond acceptors (Lipinski definition) is 6. The van der Waals surface area contributed by atoms with Crippen LogP contribution in [0, 0.1) is 5.92 Å². The Morgan fingerprint density at radius 3 is 2.38 bits per heavy atom. The molecule has 0 spiro atoms. The molecule has 1 aromatic carbocycles. The van der Waals surface area contributed by atoms with Gasteiger partial charge in [-0.3, -0.25) is 9.59 Å². The number of hydrogen-bond donors (Lipinski definition) is 1. The highest BCUT2D eigenvalue weighted by atomic mass is 32.2. The van der Waals surface area contributed by atoms with Crippen molar-refractivity contribution in [1.82, 2.24) is 9.80 Å². The van der Waals surface area contributed by atoms with Gasteiger partial charge in [0.15, 0.2) is 15.9 Å². The van der Waals surface area contributed by atoms with Gasteiger partial charge in [-0.1, -0.05) is 18.2 Å². The highest BCUT2D eigenvalue weighted by molar-refractivity contribution is 7.91. The molecule has 0 aromatic heterocycles. The van der Waals surface area contributed by atoms with E-state index in [1.54, 1.807) is 24.0 Å². The van der Waals surface area contributed by atoms with Crippen molar-refractivity contribution in [1.29, 1.82) is 0 Å². The fraction of sp³-hybridized carbons (Fsp3) is 0.591. The molecule has 0 unspecified atom stereocenters. The topological polar surface area (TPSA) is 113 Å². The van der Waals surface area contributed by atoms with E-state index in [2.05, 4.69) is 5.32 Å². The van der Waals surface area contributed by atoms with Crippen LogP contribution in [0.15, 0.2) is 30.3 Å². The highest BCUT2D eigenvalue weighted by Gasteiger charge is 2.37. The molecule has 0 saturated carbocycles. The molecule has 0 bridgehead atoms. The predicted molar refractivity (Wildman–Crippen MR) is 120 cm³/mol. The number of benzene rings is 1. The molecule has 2 saturated heterocycles. The third kappa shape index (κ3) is 5.99. The van der Waals surface area contributed by atoms with Gasteiger partial charge >= 0.3 is 12.0 Å². The minimum atomic E-state index is -3.12. The first kappa shape index (κ1) is 24.0. The zero-order chi connectivity index (χ0) is 23.3. The van der Waals surface area contributed by atoms with Crippen LogP contribution in [0.5, 0.6) is 0 Å². The zero-order valence-corrected chi connectivity index (χ0v) is 19.3. The average molecular weight is 466 g/mol. The largest absolute Gasteiger partial charge is 0.452 e. The number of carbonyl (C=O) groups excluding carboxylic acids is 3. The van der Waals surface area contributed by atoms with Crippen molar-refractivity contribution in [3.63, 3.8) is 0 Å². The van der Waals surface area contributed by atoms with Gasteiger partial charge in [0.1, 0.15) is 0 Å². The Labute approximate surface area is 189 Å².